The van der Waals surface area contributed by atoms with E-state index in [0.717, 1.165) is 52.5 Å². The van der Waals surface area contributed by atoms with Gasteiger partial charge < -0.3 is 19.3 Å². The lowest BCUT2D eigenvalue weighted by atomic mass is 9.67. The summed E-state index contributed by atoms with van der Waals surface area (Å²) in [5.74, 6) is 2.58. The lowest BCUT2D eigenvalue weighted by molar-refractivity contribution is -0.00891. The summed E-state index contributed by atoms with van der Waals surface area (Å²) in [5.41, 5.74) is 5.16. The highest BCUT2D eigenvalue weighted by Gasteiger charge is 2.31. The summed E-state index contributed by atoms with van der Waals surface area (Å²) < 4.78 is 16.7. The zero-order valence-electron chi connectivity index (χ0n) is 22.2. The molecular formula is C31H38N2O5. The minimum absolute atomic E-state index is 0.198. The third-order valence-corrected chi connectivity index (χ3v) is 8.26. The first-order valence-electron chi connectivity index (χ1n) is 13.9. The average Bonchev–Trinajstić information content (AvgIpc) is 3.42. The van der Waals surface area contributed by atoms with Crippen LogP contribution in [0.15, 0.2) is 52.7 Å². The Bertz CT molecular complexity index is 1160. The Morgan fingerprint density at radius 1 is 0.947 bits per heavy atom. The van der Waals surface area contributed by atoms with Crippen molar-refractivity contribution in [1.29, 1.82) is 0 Å². The number of hydrogen-bond acceptors (Lipinski definition) is 6. The molecule has 0 radical (unpaired) electrons. The van der Waals surface area contributed by atoms with Crippen molar-refractivity contribution < 1.29 is 24.1 Å². The number of carboxylic acids is 1. The maximum absolute atomic E-state index is 11.2. The van der Waals surface area contributed by atoms with Crippen molar-refractivity contribution in [2.24, 2.45) is 28.0 Å². The quantitative estimate of drug-likeness (QED) is 0.270. The predicted octanol–water partition coefficient (Wildman–Crippen LogP) is 6.13. The van der Waals surface area contributed by atoms with Crippen LogP contribution in [0.4, 0.5) is 0 Å². The summed E-state index contributed by atoms with van der Waals surface area (Å²) in [5, 5.41) is 18.1. The van der Waals surface area contributed by atoms with E-state index in [1.54, 1.807) is 31.4 Å². The smallest absolute Gasteiger partial charge is 0.335 e. The zero-order valence-corrected chi connectivity index (χ0v) is 22.2. The molecule has 2 fully saturated rings. The first kappa shape index (κ1) is 26.6. The van der Waals surface area contributed by atoms with Gasteiger partial charge in [-0.3, -0.25) is 0 Å². The molecule has 3 aliphatic rings. The number of carbonyl (C=O) groups is 1. The van der Waals surface area contributed by atoms with Gasteiger partial charge in [0.15, 0.2) is 6.79 Å². The molecule has 0 saturated heterocycles. The van der Waals surface area contributed by atoms with Gasteiger partial charge in [-0.15, -0.1) is 0 Å². The second-order valence-electron chi connectivity index (χ2n) is 10.9. The Balaban J connectivity index is 1.26. The molecule has 7 nitrogen and oxygen atoms in total. The third kappa shape index (κ3) is 6.69. The van der Waals surface area contributed by atoms with E-state index < -0.39 is 5.97 Å². The normalized spacial score (nSPS) is 22.6. The molecule has 0 amide bonds. The summed E-state index contributed by atoms with van der Waals surface area (Å²) in [6.07, 6.45) is 11.2. The molecular weight excluding hydrogens is 480 g/mol. The van der Waals surface area contributed by atoms with Crippen LogP contribution >= 0.6 is 0 Å². The molecule has 2 atom stereocenters. The molecule has 2 unspecified atom stereocenters. The second-order valence-corrected chi connectivity index (χ2v) is 10.9. The molecule has 7 heteroatoms. The van der Waals surface area contributed by atoms with Crippen molar-refractivity contribution in [3.63, 3.8) is 0 Å². The third-order valence-electron chi connectivity index (χ3n) is 8.26. The van der Waals surface area contributed by atoms with Crippen molar-refractivity contribution in [3.05, 3.63) is 64.7 Å². The van der Waals surface area contributed by atoms with Gasteiger partial charge in [-0.05, 0) is 96.9 Å². The number of rotatable bonds is 12. The van der Waals surface area contributed by atoms with Gasteiger partial charge in [-0.1, -0.05) is 31.4 Å². The van der Waals surface area contributed by atoms with E-state index in [-0.39, 0.29) is 12.4 Å². The molecule has 1 heterocycles. The molecule has 2 saturated carbocycles. The number of aromatic carboxylic acids is 1. The van der Waals surface area contributed by atoms with Crippen LogP contribution in [0.25, 0.3) is 0 Å². The topological polar surface area (TPSA) is 89.7 Å². The first-order valence-corrected chi connectivity index (χ1v) is 13.9. The Morgan fingerprint density at radius 3 is 2.37 bits per heavy atom. The lowest BCUT2D eigenvalue weighted by Crippen LogP contribution is -2.27. The fraction of sp³-hybridized carbons (Fsp3) is 0.516. The van der Waals surface area contributed by atoms with Crippen LogP contribution in [0.1, 0.15) is 78.4 Å². The second kappa shape index (κ2) is 12.7. The van der Waals surface area contributed by atoms with E-state index in [2.05, 4.69) is 16.3 Å². The molecule has 38 heavy (non-hydrogen) atoms. The monoisotopic (exact) mass is 518 g/mol. The number of carboxylic acid groups (broad SMARTS) is 1. The SMILES string of the molecule is COCCOCOc1ccc(C2=NN=C(c3ccc(C(=O)O)cc3)C2)cc1CCC1CC2CCCC(C2)C1. The fourth-order valence-corrected chi connectivity index (χ4v) is 6.34. The minimum atomic E-state index is -0.933. The number of nitrogens with zero attached hydrogens (tertiary/aromatic N) is 2. The van der Waals surface area contributed by atoms with E-state index in [9.17, 15) is 4.79 Å². The van der Waals surface area contributed by atoms with Gasteiger partial charge in [0.25, 0.3) is 0 Å². The van der Waals surface area contributed by atoms with Crippen LogP contribution in [-0.2, 0) is 15.9 Å². The summed E-state index contributed by atoms with van der Waals surface area (Å²) in [6, 6.07) is 13.1. The molecule has 5 rings (SSSR count). The molecule has 1 aliphatic heterocycles. The number of hydrogen-bond donors (Lipinski definition) is 1. The van der Waals surface area contributed by atoms with E-state index in [1.807, 2.05) is 12.1 Å². The van der Waals surface area contributed by atoms with E-state index in [4.69, 9.17) is 19.3 Å². The van der Waals surface area contributed by atoms with Crippen LogP contribution in [0.2, 0.25) is 0 Å². The number of aryl methyl sites for hydroxylation is 1. The number of fused-ring (bicyclic) bond motifs is 2. The van der Waals surface area contributed by atoms with Crippen molar-refractivity contribution in [1.82, 2.24) is 0 Å². The highest BCUT2D eigenvalue weighted by atomic mass is 16.7. The number of ether oxygens (including phenoxy) is 3. The average molecular weight is 519 g/mol. The summed E-state index contributed by atoms with van der Waals surface area (Å²) in [6.45, 7) is 1.24. The lowest BCUT2D eigenvalue weighted by Gasteiger charge is -2.39. The van der Waals surface area contributed by atoms with Gasteiger partial charge in [0.2, 0.25) is 0 Å². The Kier molecular flexibility index (Phi) is 8.86. The summed E-state index contributed by atoms with van der Waals surface area (Å²) in [7, 11) is 1.66. The van der Waals surface area contributed by atoms with E-state index >= 15 is 0 Å². The standard InChI is InChI=1S/C31H38N2O5/c1-36-13-14-37-20-38-30-12-11-26(18-27(30)6-5-23-16-21-3-2-4-22(15-21)17-23)29-19-28(32-33-29)24-7-9-25(10-8-24)31(34)35/h7-12,18,21-23H,2-6,13-17,19-20H2,1H3,(H,34,35). The molecule has 2 aliphatic carbocycles. The maximum atomic E-state index is 11.2. The van der Waals surface area contributed by atoms with Crippen LogP contribution < -0.4 is 4.74 Å². The van der Waals surface area contributed by atoms with Gasteiger partial charge in [0.05, 0.1) is 30.2 Å². The van der Waals surface area contributed by atoms with Crippen molar-refractivity contribution in [2.75, 3.05) is 27.1 Å². The van der Waals surface area contributed by atoms with E-state index in [1.165, 1.54) is 50.5 Å². The number of benzene rings is 2. The number of methoxy groups -OCH3 is 1. The predicted molar refractivity (Wildman–Crippen MR) is 147 cm³/mol. The zero-order chi connectivity index (χ0) is 26.3. The van der Waals surface area contributed by atoms with Gasteiger partial charge >= 0.3 is 5.97 Å². The summed E-state index contributed by atoms with van der Waals surface area (Å²) in [4.78, 5) is 11.2. The van der Waals surface area contributed by atoms with Crippen LogP contribution in [0.3, 0.4) is 0 Å². The van der Waals surface area contributed by atoms with Gasteiger partial charge in [-0.2, -0.15) is 10.2 Å². The van der Waals surface area contributed by atoms with Crippen LogP contribution in [0.5, 0.6) is 5.75 Å². The van der Waals surface area contributed by atoms with Gasteiger partial charge in [-0.25, -0.2) is 4.79 Å². The maximum Gasteiger partial charge on any atom is 0.335 e. The van der Waals surface area contributed by atoms with Crippen LogP contribution in [0, 0.1) is 17.8 Å². The molecule has 2 aromatic rings. The van der Waals surface area contributed by atoms with Crippen LogP contribution in [-0.4, -0.2) is 49.6 Å². The highest BCUT2D eigenvalue weighted by molar-refractivity contribution is 6.20. The molecule has 2 aromatic carbocycles. The van der Waals surface area contributed by atoms with Crippen molar-refractivity contribution >= 4 is 17.4 Å². The van der Waals surface area contributed by atoms with Gasteiger partial charge in [0.1, 0.15) is 5.75 Å². The Hall–Kier alpha value is -3.03. The van der Waals surface area contributed by atoms with Crippen molar-refractivity contribution in [2.45, 2.75) is 57.8 Å². The van der Waals surface area contributed by atoms with E-state index in [0.29, 0.717) is 19.6 Å². The molecule has 2 bridgehead atoms. The minimum Gasteiger partial charge on any atom is -0.478 e. The Labute approximate surface area is 224 Å². The Morgan fingerprint density at radius 2 is 1.66 bits per heavy atom. The van der Waals surface area contributed by atoms with Crippen molar-refractivity contribution in [3.8, 4) is 5.75 Å². The molecule has 202 valence electrons. The summed E-state index contributed by atoms with van der Waals surface area (Å²) >= 11 is 0. The highest BCUT2D eigenvalue weighted by Crippen LogP contribution is 2.44. The fourth-order valence-electron chi connectivity index (χ4n) is 6.34. The molecule has 0 aromatic heterocycles. The molecule has 0 spiro atoms. The molecule has 1 N–H and O–H groups in total. The first-order chi connectivity index (χ1) is 18.6. The largest absolute Gasteiger partial charge is 0.478 e. The van der Waals surface area contributed by atoms with Gasteiger partial charge in [0, 0.05) is 13.5 Å².